The van der Waals surface area contributed by atoms with Crippen molar-refractivity contribution in [2.24, 2.45) is 0 Å². The van der Waals surface area contributed by atoms with E-state index in [1.807, 2.05) is 102 Å². The summed E-state index contributed by atoms with van der Waals surface area (Å²) in [5, 5.41) is 13.0. The zero-order valence-electron chi connectivity index (χ0n) is 19.8. The molecule has 0 fully saturated rings. The summed E-state index contributed by atoms with van der Waals surface area (Å²) in [7, 11) is 0. The van der Waals surface area contributed by atoms with Crippen molar-refractivity contribution in [2.45, 2.75) is 11.6 Å². The first-order valence-corrected chi connectivity index (χ1v) is 13.0. The van der Waals surface area contributed by atoms with Crippen LogP contribution in [0.1, 0.15) is 11.4 Å². The number of nitrogens with one attached hydrogen (secondary N) is 1. The van der Waals surface area contributed by atoms with E-state index < -0.39 is 0 Å². The maximum absolute atomic E-state index is 12.7. The lowest BCUT2D eigenvalue weighted by molar-refractivity contribution is -0.113. The van der Waals surface area contributed by atoms with Crippen molar-refractivity contribution in [1.29, 1.82) is 0 Å². The van der Waals surface area contributed by atoms with E-state index in [1.165, 1.54) is 11.8 Å². The van der Waals surface area contributed by atoms with Crippen LogP contribution in [0.4, 0.5) is 5.69 Å². The molecule has 0 unspecified atom stereocenters. The highest BCUT2D eigenvalue weighted by Crippen LogP contribution is 2.26. The van der Waals surface area contributed by atoms with E-state index in [9.17, 15) is 4.79 Å². The predicted molar refractivity (Wildman–Crippen MR) is 148 cm³/mol. The molecule has 1 aromatic heterocycles. The summed E-state index contributed by atoms with van der Waals surface area (Å²) >= 11 is 7.44. The Morgan fingerprint density at radius 3 is 2.16 bits per heavy atom. The molecule has 37 heavy (non-hydrogen) atoms. The van der Waals surface area contributed by atoms with Gasteiger partial charge in [-0.2, -0.15) is 0 Å². The summed E-state index contributed by atoms with van der Waals surface area (Å²) in [6.07, 6.45) is 0.612. The lowest BCUT2D eigenvalue weighted by atomic mass is 10.1. The molecule has 0 aliphatic carbocycles. The molecular weight excluding hydrogens is 504 g/mol. The Kier molecular flexibility index (Phi) is 7.84. The van der Waals surface area contributed by atoms with Crippen molar-refractivity contribution in [3.8, 4) is 17.2 Å². The van der Waals surface area contributed by atoms with Crippen LogP contribution in [-0.4, -0.2) is 26.4 Å². The van der Waals surface area contributed by atoms with Gasteiger partial charge in [-0.3, -0.25) is 9.36 Å². The van der Waals surface area contributed by atoms with E-state index in [1.54, 1.807) is 0 Å². The van der Waals surface area contributed by atoms with Gasteiger partial charge >= 0.3 is 0 Å². The van der Waals surface area contributed by atoms with Crippen LogP contribution < -0.4 is 10.1 Å². The molecular formula is C29H23ClN4O2S. The normalized spacial score (nSPS) is 10.7. The monoisotopic (exact) mass is 526 g/mol. The van der Waals surface area contributed by atoms with Crippen molar-refractivity contribution in [3.05, 3.63) is 126 Å². The van der Waals surface area contributed by atoms with E-state index in [0.29, 0.717) is 28.0 Å². The Balaban J connectivity index is 1.26. The van der Waals surface area contributed by atoms with Crippen LogP contribution in [0.2, 0.25) is 5.02 Å². The van der Waals surface area contributed by atoms with Crippen LogP contribution in [0, 0.1) is 0 Å². The molecule has 184 valence electrons. The third-order valence-electron chi connectivity index (χ3n) is 5.44. The number of rotatable bonds is 9. The summed E-state index contributed by atoms with van der Waals surface area (Å²) in [5.74, 6) is 2.27. The average Bonchev–Trinajstić information content (AvgIpc) is 3.32. The summed E-state index contributed by atoms with van der Waals surface area (Å²) in [5.41, 5.74) is 2.70. The van der Waals surface area contributed by atoms with Crippen molar-refractivity contribution in [1.82, 2.24) is 14.8 Å². The number of amides is 1. The number of thioether (sulfide) groups is 1. The van der Waals surface area contributed by atoms with E-state index in [0.717, 1.165) is 22.8 Å². The van der Waals surface area contributed by atoms with Gasteiger partial charge in [0, 0.05) is 22.8 Å². The molecule has 0 atom stereocenters. The number of halogens is 1. The van der Waals surface area contributed by atoms with Gasteiger partial charge in [0.1, 0.15) is 17.3 Å². The first-order chi connectivity index (χ1) is 18.1. The lowest BCUT2D eigenvalue weighted by Gasteiger charge is -2.11. The minimum Gasteiger partial charge on any atom is -0.457 e. The molecule has 1 N–H and O–H groups in total. The van der Waals surface area contributed by atoms with Gasteiger partial charge in [0.05, 0.1) is 5.75 Å². The molecule has 8 heteroatoms. The Hall–Kier alpha value is -4.07. The number of para-hydroxylation sites is 1. The van der Waals surface area contributed by atoms with Crippen LogP contribution in [-0.2, 0) is 11.2 Å². The van der Waals surface area contributed by atoms with Gasteiger partial charge in [0.25, 0.3) is 0 Å². The van der Waals surface area contributed by atoms with Crippen LogP contribution >= 0.6 is 23.4 Å². The quantitative estimate of drug-likeness (QED) is 0.209. The van der Waals surface area contributed by atoms with Crippen LogP contribution in [0.15, 0.2) is 114 Å². The van der Waals surface area contributed by atoms with Gasteiger partial charge in [0.15, 0.2) is 5.16 Å². The van der Waals surface area contributed by atoms with Gasteiger partial charge < -0.3 is 10.1 Å². The highest BCUT2D eigenvalue weighted by molar-refractivity contribution is 7.99. The number of ether oxygens (including phenoxy) is 1. The fourth-order valence-corrected chi connectivity index (χ4v) is 4.59. The number of carbonyl (C=O) groups excluding carboxylic acids is 1. The molecule has 0 radical (unpaired) electrons. The maximum Gasteiger partial charge on any atom is 0.234 e. The summed E-state index contributed by atoms with van der Waals surface area (Å²) < 4.78 is 7.78. The van der Waals surface area contributed by atoms with E-state index >= 15 is 0 Å². The Bertz CT molecular complexity index is 1460. The predicted octanol–water partition coefficient (Wildman–Crippen LogP) is 7.03. The Morgan fingerprint density at radius 1 is 0.811 bits per heavy atom. The highest BCUT2D eigenvalue weighted by Gasteiger charge is 2.16. The number of anilines is 1. The Morgan fingerprint density at radius 2 is 1.46 bits per heavy atom. The first kappa shape index (κ1) is 24.6. The second-order valence-corrected chi connectivity index (χ2v) is 9.53. The SMILES string of the molecule is O=C(CSc1nnc(Cc2ccccc2)n1-c1ccc(Cl)cc1)Nc1ccc(Oc2ccccc2)cc1. The fraction of sp³-hybridized carbons (Fsp3) is 0.0690. The van der Waals surface area contributed by atoms with Gasteiger partial charge in [0.2, 0.25) is 5.91 Å². The zero-order chi connectivity index (χ0) is 25.5. The lowest BCUT2D eigenvalue weighted by Crippen LogP contribution is -2.14. The summed E-state index contributed by atoms with van der Waals surface area (Å²) in [6, 6.07) is 34.4. The summed E-state index contributed by atoms with van der Waals surface area (Å²) in [4.78, 5) is 12.7. The van der Waals surface area contributed by atoms with E-state index in [-0.39, 0.29) is 11.7 Å². The van der Waals surface area contributed by atoms with Gasteiger partial charge in [-0.1, -0.05) is 71.9 Å². The second kappa shape index (κ2) is 11.8. The average molecular weight is 527 g/mol. The fourth-order valence-electron chi connectivity index (χ4n) is 3.69. The molecule has 0 saturated carbocycles. The molecule has 0 aliphatic heterocycles. The van der Waals surface area contributed by atoms with Crippen LogP contribution in [0.25, 0.3) is 5.69 Å². The molecule has 5 aromatic rings. The largest absolute Gasteiger partial charge is 0.457 e. The molecule has 0 bridgehead atoms. The number of hydrogen-bond acceptors (Lipinski definition) is 5. The minimum atomic E-state index is -0.142. The minimum absolute atomic E-state index is 0.142. The van der Waals surface area contributed by atoms with Gasteiger partial charge in [-0.15, -0.1) is 10.2 Å². The van der Waals surface area contributed by atoms with Crippen molar-refractivity contribution in [2.75, 3.05) is 11.1 Å². The molecule has 0 spiro atoms. The maximum atomic E-state index is 12.7. The van der Waals surface area contributed by atoms with Crippen molar-refractivity contribution >= 4 is 35.0 Å². The van der Waals surface area contributed by atoms with Gasteiger partial charge in [-0.05, 0) is 66.2 Å². The van der Waals surface area contributed by atoms with E-state index in [4.69, 9.17) is 16.3 Å². The number of aromatic nitrogens is 3. The van der Waals surface area contributed by atoms with Crippen LogP contribution in [0.5, 0.6) is 11.5 Å². The highest BCUT2D eigenvalue weighted by atomic mass is 35.5. The molecule has 5 rings (SSSR count). The number of hydrogen-bond donors (Lipinski definition) is 1. The molecule has 6 nitrogen and oxygen atoms in total. The third kappa shape index (κ3) is 6.58. The third-order valence-corrected chi connectivity index (χ3v) is 6.62. The van der Waals surface area contributed by atoms with E-state index in [2.05, 4.69) is 27.6 Å². The van der Waals surface area contributed by atoms with Gasteiger partial charge in [-0.25, -0.2) is 0 Å². The molecule has 1 amide bonds. The Labute approximate surface area is 224 Å². The second-order valence-electron chi connectivity index (χ2n) is 8.15. The molecule has 4 aromatic carbocycles. The number of carbonyl (C=O) groups is 1. The smallest absolute Gasteiger partial charge is 0.234 e. The first-order valence-electron chi connectivity index (χ1n) is 11.6. The standard InChI is InChI=1S/C29H23ClN4O2S/c30-22-11-15-24(16-12-22)34-27(19-21-7-3-1-4-8-21)32-33-29(34)37-20-28(35)31-23-13-17-26(18-14-23)36-25-9-5-2-6-10-25/h1-18H,19-20H2,(H,31,35). The number of benzene rings is 4. The molecule has 1 heterocycles. The summed E-state index contributed by atoms with van der Waals surface area (Å²) in [6.45, 7) is 0. The molecule has 0 aliphatic rings. The van der Waals surface area contributed by atoms with Crippen LogP contribution in [0.3, 0.4) is 0 Å². The number of nitrogens with zero attached hydrogens (tertiary/aromatic N) is 3. The van der Waals surface area contributed by atoms with Crippen molar-refractivity contribution < 1.29 is 9.53 Å². The topological polar surface area (TPSA) is 69.0 Å². The molecule has 0 saturated heterocycles. The van der Waals surface area contributed by atoms with Crippen molar-refractivity contribution in [3.63, 3.8) is 0 Å². The zero-order valence-corrected chi connectivity index (χ0v) is 21.3.